The molecule has 1 aromatic heterocycles. The van der Waals surface area contributed by atoms with Gasteiger partial charge in [0.25, 0.3) is 5.91 Å². The molecule has 1 amide bonds. The minimum atomic E-state index is -0.595. The number of benzene rings is 1. The third-order valence-corrected chi connectivity index (χ3v) is 3.06. The van der Waals surface area contributed by atoms with Crippen LogP contribution in [0.3, 0.4) is 0 Å². The molecule has 0 aliphatic heterocycles. The van der Waals surface area contributed by atoms with Gasteiger partial charge in [-0.1, -0.05) is 39.0 Å². The van der Waals surface area contributed by atoms with Crippen molar-refractivity contribution in [3.05, 3.63) is 42.1 Å². The highest BCUT2D eigenvalue weighted by molar-refractivity contribution is 5.93. The monoisotopic (exact) mass is 287 g/mol. The smallest absolute Gasteiger partial charge is 0.266 e. The number of rotatable bonds is 4. The number of para-hydroxylation sites is 1. The first kappa shape index (κ1) is 15.1. The molecule has 0 saturated heterocycles. The molecule has 0 spiro atoms. The zero-order chi connectivity index (χ0) is 15.5. The summed E-state index contributed by atoms with van der Waals surface area (Å²) >= 11 is 0. The largest absolute Gasteiger partial charge is 0.481 e. The van der Waals surface area contributed by atoms with Crippen molar-refractivity contribution in [2.75, 3.05) is 5.32 Å². The summed E-state index contributed by atoms with van der Waals surface area (Å²) in [7, 11) is 0. The van der Waals surface area contributed by atoms with Crippen LogP contribution in [0, 0.1) is 0 Å². The summed E-state index contributed by atoms with van der Waals surface area (Å²) in [5, 5.41) is 9.78. The highest BCUT2D eigenvalue weighted by Gasteiger charge is 2.19. The molecule has 1 aromatic carbocycles. The Hall–Kier alpha value is -2.30. The van der Waals surface area contributed by atoms with Crippen molar-refractivity contribution in [1.82, 2.24) is 10.2 Å². The number of aromatic nitrogens is 2. The lowest BCUT2D eigenvalue weighted by Crippen LogP contribution is -2.30. The van der Waals surface area contributed by atoms with Crippen molar-refractivity contribution in [2.45, 2.75) is 39.2 Å². The maximum absolute atomic E-state index is 12.1. The Bertz CT molecular complexity index is 599. The van der Waals surface area contributed by atoms with E-state index in [1.165, 1.54) is 0 Å². The van der Waals surface area contributed by atoms with Crippen molar-refractivity contribution in [3.63, 3.8) is 0 Å². The molecule has 112 valence electrons. The lowest BCUT2D eigenvalue weighted by atomic mass is 9.92. The molecule has 5 heteroatoms. The number of aromatic amines is 1. The zero-order valence-corrected chi connectivity index (χ0v) is 12.8. The maximum atomic E-state index is 12.1. The predicted octanol–water partition coefficient (Wildman–Crippen LogP) is 3.11. The molecule has 0 aliphatic carbocycles. The summed E-state index contributed by atoms with van der Waals surface area (Å²) in [6, 6.07) is 11.1. The number of carbonyl (C=O) groups is 1. The van der Waals surface area contributed by atoms with E-state index >= 15 is 0 Å². The van der Waals surface area contributed by atoms with Crippen LogP contribution in [0.15, 0.2) is 36.4 Å². The quantitative estimate of drug-likeness (QED) is 0.908. The fourth-order valence-corrected chi connectivity index (χ4v) is 1.75. The highest BCUT2D eigenvalue weighted by Crippen LogP contribution is 2.22. The molecular formula is C16H21N3O2. The number of nitrogens with one attached hydrogen (secondary N) is 2. The van der Waals surface area contributed by atoms with Gasteiger partial charge in [-0.3, -0.25) is 9.89 Å². The molecule has 1 heterocycles. The second-order valence-electron chi connectivity index (χ2n) is 5.98. The van der Waals surface area contributed by atoms with E-state index in [1.807, 2.05) is 36.4 Å². The van der Waals surface area contributed by atoms with Crippen molar-refractivity contribution in [2.24, 2.45) is 0 Å². The Morgan fingerprint density at radius 1 is 1.29 bits per heavy atom. The van der Waals surface area contributed by atoms with Gasteiger partial charge in [0.2, 0.25) is 0 Å². The average molecular weight is 287 g/mol. The molecule has 2 aromatic rings. The van der Waals surface area contributed by atoms with E-state index in [4.69, 9.17) is 4.74 Å². The molecule has 2 N–H and O–H groups in total. The number of hydrogen-bond acceptors (Lipinski definition) is 3. The van der Waals surface area contributed by atoms with Gasteiger partial charge >= 0.3 is 0 Å². The molecule has 1 unspecified atom stereocenters. The molecule has 0 aliphatic rings. The maximum Gasteiger partial charge on any atom is 0.266 e. The summed E-state index contributed by atoms with van der Waals surface area (Å²) in [5.41, 5.74) is 0.928. The van der Waals surface area contributed by atoms with E-state index in [9.17, 15) is 4.79 Å². The van der Waals surface area contributed by atoms with Gasteiger partial charge in [0, 0.05) is 17.2 Å². The SMILES string of the molecule is CC(Oc1ccccc1)C(=O)Nc1cc(C(C)(C)C)[nH]n1. The van der Waals surface area contributed by atoms with Gasteiger partial charge in [-0.25, -0.2) is 0 Å². The molecular weight excluding hydrogens is 266 g/mol. The number of H-pyrrole nitrogens is 1. The number of amides is 1. The molecule has 0 fully saturated rings. The van der Waals surface area contributed by atoms with Crippen LogP contribution in [-0.4, -0.2) is 22.2 Å². The topological polar surface area (TPSA) is 67.0 Å². The third kappa shape index (κ3) is 4.08. The number of nitrogens with zero attached hydrogens (tertiary/aromatic N) is 1. The van der Waals surface area contributed by atoms with Crippen LogP contribution in [0.5, 0.6) is 5.75 Å². The van der Waals surface area contributed by atoms with E-state index in [2.05, 4.69) is 36.3 Å². The molecule has 5 nitrogen and oxygen atoms in total. The van der Waals surface area contributed by atoms with E-state index in [0.717, 1.165) is 5.69 Å². The van der Waals surface area contributed by atoms with Gasteiger partial charge in [-0.2, -0.15) is 5.10 Å². The summed E-state index contributed by atoms with van der Waals surface area (Å²) in [6.07, 6.45) is -0.595. The lowest BCUT2D eigenvalue weighted by molar-refractivity contribution is -0.122. The second-order valence-corrected chi connectivity index (χ2v) is 5.98. The molecule has 2 rings (SSSR count). The van der Waals surface area contributed by atoms with Crippen LogP contribution in [0.4, 0.5) is 5.82 Å². The standard InChI is InChI=1S/C16H21N3O2/c1-11(21-12-8-6-5-7-9-12)15(20)17-14-10-13(18-19-14)16(2,3)4/h5-11H,1-4H3,(H2,17,18,19,20). The Balaban J connectivity index is 1.96. The first-order chi connectivity index (χ1) is 9.86. The van der Waals surface area contributed by atoms with Crippen LogP contribution in [0.1, 0.15) is 33.4 Å². The van der Waals surface area contributed by atoms with E-state index in [1.54, 1.807) is 6.92 Å². The average Bonchev–Trinajstić information content (AvgIpc) is 2.88. The zero-order valence-electron chi connectivity index (χ0n) is 12.8. The van der Waals surface area contributed by atoms with E-state index in [0.29, 0.717) is 11.6 Å². The molecule has 1 atom stereocenters. The van der Waals surface area contributed by atoms with Crippen molar-refractivity contribution in [1.29, 1.82) is 0 Å². The van der Waals surface area contributed by atoms with Crippen molar-refractivity contribution >= 4 is 11.7 Å². The molecule has 0 bridgehead atoms. The highest BCUT2D eigenvalue weighted by atomic mass is 16.5. The van der Waals surface area contributed by atoms with Gasteiger partial charge in [0.05, 0.1) is 0 Å². The first-order valence-corrected chi connectivity index (χ1v) is 6.95. The minimum absolute atomic E-state index is 0.0396. The van der Waals surface area contributed by atoms with Gasteiger partial charge in [0.1, 0.15) is 5.75 Å². The van der Waals surface area contributed by atoms with Gasteiger partial charge in [-0.15, -0.1) is 0 Å². The van der Waals surface area contributed by atoms with Crippen LogP contribution < -0.4 is 10.1 Å². The number of hydrogen-bond donors (Lipinski definition) is 2. The Kier molecular flexibility index (Phi) is 4.31. The minimum Gasteiger partial charge on any atom is -0.481 e. The summed E-state index contributed by atoms with van der Waals surface area (Å²) in [5.74, 6) is 0.941. The van der Waals surface area contributed by atoms with Gasteiger partial charge < -0.3 is 10.1 Å². The molecule has 0 radical (unpaired) electrons. The van der Waals surface area contributed by atoms with Crippen LogP contribution in [0.25, 0.3) is 0 Å². The third-order valence-electron chi connectivity index (χ3n) is 3.06. The number of carbonyl (C=O) groups excluding carboxylic acids is 1. The van der Waals surface area contributed by atoms with Crippen LogP contribution in [-0.2, 0) is 10.2 Å². The van der Waals surface area contributed by atoms with Gasteiger partial charge in [-0.05, 0) is 19.1 Å². The number of anilines is 1. The Morgan fingerprint density at radius 3 is 2.52 bits per heavy atom. The molecule has 0 saturated carbocycles. The second kappa shape index (κ2) is 5.99. The Labute approximate surface area is 124 Å². The summed E-state index contributed by atoms with van der Waals surface area (Å²) in [6.45, 7) is 7.94. The predicted molar refractivity (Wildman–Crippen MR) is 82.4 cm³/mol. The van der Waals surface area contributed by atoms with Crippen molar-refractivity contribution < 1.29 is 9.53 Å². The fraction of sp³-hybridized carbons (Fsp3) is 0.375. The summed E-state index contributed by atoms with van der Waals surface area (Å²) < 4.78 is 5.57. The van der Waals surface area contributed by atoms with Gasteiger partial charge in [0.15, 0.2) is 11.9 Å². The fourth-order valence-electron chi connectivity index (χ4n) is 1.75. The van der Waals surface area contributed by atoms with Crippen molar-refractivity contribution in [3.8, 4) is 5.75 Å². The summed E-state index contributed by atoms with van der Waals surface area (Å²) in [4.78, 5) is 12.1. The normalized spacial score (nSPS) is 12.8. The van der Waals surface area contributed by atoms with E-state index in [-0.39, 0.29) is 11.3 Å². The van der Waals surface area contributed by atoms with Crippen LogP contribution >= 0.6 is 0 Å². The van der Waals surface area contributed by atoms with Crippen LogP contribution in [0.2, 0.25) is 0 Å². The first-order valence-electron chi connectivity index (χ1n) is 6.95. The number of ether oxygens (including phenoxy) is 1. The Morgan fingerprint density at radius 2 is 1.95 bits per heavy atom. The lowest BCUT2D eigenvalue weighted by Gasteiger charge is -2.15. The van der Waals surface area contributed by atoms with E-state index < -0.39 is 6.10 Å². The molecule has 21 heavy (non-hydrogen) atoms.